The zero-order valence-corrected chi connectivity index (χ0v) is 8.69. The fraction of sp³-hybridized carbons (Fsp3) is 0.417. The molecule has 1 atom stereocenters. The summed E-state index contributed by atoms with van der Waals surface area (Å²) >= 11 is 0. The van der Waals surface area contributed by atoms with E-state index >= 15 is 0 Å². The van der Waals surface area contributed by atoms with E-state index in [1.165, 1.54) is 7.11 Å². The Labute approximate surface area is 88.7 Å². The first-order valence-corrected chi connectivity index (χ1v) is 5.10. The van der Waals surface area contributed by atoms with Gasteiger partial charge >= 0.3 is 5.97 Å². The molecule has 1 N–H and O–H groups in total. The van der Waals surface area contributed by atoms with Gasteiger partial charge in [-0.2, -0.15) is 0 Å². The molecular weight excluding hydrogens is 192 g/mol. The van der Waals surface area contributed by atoms with Crippen molar-refractivity contribution in [3.8, 4) is 5.75 Å². The molecule has 0 aromatic heterocycles. The third-order valence-corrected chi connectivity index (χ3v) is 3.01. The number of phenols is 1. The third-order valence-electron chi connectivity index (χ3n) is 3.01. The van der Waals surface area contributed by atoms with Gasteiger partial charge in [0.05, 0.1) is 13.5 Å². The summed E-state index contributed by atoms with van der Waals surface area (Å²) in [4.78, 5) is 11.2. The standard InChI is InChI=1S/C12H14O3/c1-15-12(14)7-8-5-6-10-9(8)3-2-4-11(10)13/h2-4,8,13H,5-7H2,1H3. The number of ether oxygens (including phenoxy) is 1. The molecular formula is C12H14O3. The molecule has 0 amide bonds. The van der Waals surface area contributed by atoms with Gasteiger partial charge in [-0.1, -0.05) is 12.1 Å². The number of hydrogen-bond acceptors (Lipinski definition) is 3. The van der Waals surface area contributed by atoms with Gasteiger partial charge in [0.2, 0.25) is 0 Å². The molecule has 0 saturated carbocycles. The van der Waals surface area contributed by atoms with Crippen LogP contribution in [0.1, 0.15) is 29.9 Å². The maximum Gasteiger partial charge on any atom is 0.306 e. The molecule has 1 aliphatic rings. The number of hydrogen-bond donors (Lipinski definition) is 1. The van der Waals surface area contributed by atoms with Crippen LogP contribution in [0.2, 0.25) is 0 Å². The molecule has 0 aliphatic heterocycles. The van der Waals surface area contributed by atoms with E-state index in [-0.39, 0.29) is 11.9 Å². The number of aromatic hydroxyl groups is 1. The lowest BCUT2D eigenvalue weighted by atomic mass is 9.98. The summed E-state index contributed by atoms with van der Waals surface area (Å²) in [6.45, 7) is 0. The summed E-state index contributed by atoms with van der Waals surface area (Å²) in [6, 6.07) is 5.50. The van der Waals surface area contributed by atoms with Crippen LogP contribution >= 0.6 is 0 Å². The highest BCUT2D eigenvalue weighted by molar-refractivity contribution is 5.71. The molecule has 0 radical (unpaired) electrons. The topological polar surface area (TPSA) is 46.5 Å². The van der Waals surface area contributed by atoms with Crippen LogP contribution in [0.5, 0.6) is 5.75 Å². The molecule has 3 heteroatoms. The van der Waals surface area contributed by atoms with E-state index in [0.29, 0.717) is 12.2 Å². The molecule has 1 aliphatic carbocycles. The monoisotopic (exact) mass is 206 g/mol. The van der Waals surface area contributed by atoms with E-state index < -0.39 is 0 Å². The highest BCUT2D eigenvalue weighted by Gasteiger charge is 2.26. The molecule has 0 spiro atoms. The predicted octanol–water partition coefficient (Wildman–Crippen LogP) is 1.99. The molecule has 0 bridgehead atoms. The molecule has 3 nitrogen and oxygen atoms in total. The van der Waals surface area contributed by atoms with Crippen LogP contribution in [-0.2, 0) is 16.0 Å². The lowest BCUT2D eigenvalue weighted by Gasteiger charge is -2.09. The Morgan fingerprint density at radius 3 is 3.13 bits per heavy atom. The summed E-state index contributed by atoms with van der Waals surface area (Å²) in [5.41, 5.74) is 2.09. The molecule has 2 rings (SSSR count). The van der Waals surface area contributed by atoms with Crippen molar-refractivity contribution in [2.24, 2.45) is 0 Å². The number of methoxy groups -OCH3 is 1. The van der Waals surface area contributed by atoms with Gasteiger partial charge < -0.3 is 9.84 Å². The molecule has 1 aromatic rings. The minimum absolute atomic E-state index is 0.184. The first-order chi connectivity index (χ1) is 7.22. The van der Waals surface area contributed by atoms with Crippen LogP contribution in [0.25, 0.3) is 0 Å². The minimum Gasteiger partial charge on any atom is -0.508 e. The van der Waals surface area contributed by atoms with Gasteiger partial charge in [-0.3, -0.25) is 4.79 Å². The number of carbonyl (C=O) groups excluding carboxylic acids is 1. The Morgan fingerprint density at radius 1 is 1.60 bits per heavy atom. The van der Waals surface area contributed by atoms with Crippen molar-refractivity contribution in [3.05, 3.63) is 29.3 Å². The summed E-state index contributed by atoms with van der Waals surface area (Å²) in [5.74, 6) is 0.371. The van der Waals surface area contributed by atoms with Gasteiger partial charge in [0.15, 0.2) is 0 Å². The number of rotatable bonds is 2. The first-order valence-electron chi connectivity index (χ1n) is 5.10. The number of fused-ring (bicyclic) bond motifs is 1. The largest absolute Gasteiger partial charge is 0.508 e. The fourth-order valence-electron chi connectivity index (χ4n) is 2.22. The third kappa shape index (κ3) is 1.82. The second-order valence-corrected chi connectivity index (χ2v) is 3.86. The number of phenolic OH excluding ortho intramolecular Hbond substituents is 1. The summed E-state index contributed by atoms with van der Waals surface area (Å²) in [5, 5.41) is 9.62. The molecule has 80 valence electrons. The van der Waals surface area contributed by atoms with E-state index in [0.717, 1.165) is 24.0 Å². The zero-order chi connectivity index (χ0) is 10.8. The Balaban J connectivity index is 2.21. The van der Waals surface area contributed by atoms with E-state index in [4.69, 9.17) is 0 Å². The average Bonchev–Trinajstić information content (AvgIpc) is 2.63. The van der Waals surface area contributed by atoms with E-state index in [1.54, 1.807) is 6.07 Å². The Hall–Kier alpha value is -1.51. The quantitative estimate of drug-likeness (QED) is 0.753. The van der Waals surface area contributed by atoms with Gasteiger partial charge in [-0.15, -0.1) is 0 Å². The van der Waals surface area contributed by atoms with E-state index in [2.05, 4.69) is 4.74 Å². The number of carbonyl (C=O) groups is 1. The minimum atomic E-state index is -0.184. The van der Waals surface area contributed by atoms with Crippen molar-refractivity contribution < 1.29 is 14.6 Å². The summed E-state index contributed by atoms with van der Waals surface area (Å²) in [6.07, 6.45) is 2.18. The van der Waals surface area contributed by atoms with Gasteiger partial charge in [0, 0.05) is 0 Å². The SMILES string of the molecule is COC(=O)CC1CCc2c(O)cccc21. The van der Waals surface area contributed by atoms with Crippen LogP contribution in [0.15, 0.2) is 18.2 Å². The van der Waals surface area contributed by atoms with Crippen molar-refractivity contribution in [3.63, 3.8) is 0 Å². The van der Waals surface area contributed by atoms with Gasteiger partial charge in [-0.05, 0) is 36.0 Å². The lowest BCUT2D eigenvalue weighted by molar-refractivity contribution is -0.141. The van der Waals surface area contributed by atoms with Crippen LogP contribution in [0.3, 0.4) is 0 Å². The van der Waals surface area contributed by atoms with Gasteiger partial charge in [0.25, 0.3) is 0 Å². The normalized spacial score (nSPS) is 18.6. The summed E-state index contributed by atoms with van der Waals surface area (Å²) < 4.78 is 4.66. The van der Waals surface area contributed by atoms with Crippen molar-refractivity contribution in [1.29, 1.82) is 0 Å². The van der Waals surface area contributed by atoms with Crippen LogP contribution in [0, 0.1) is 0 Å². The summed E-state index contributed by atoms with van der Waals surface area (Å²) in [7, 11) is 1.40. The van der Waals surface area contributed by atoms with Crippen LogP contribution in [0.4, 0.5) is 0 Å². The second-order valence-electron chi connectivity index (χ2n) is 3.86. The maximum atomic E-state index is 11.2. The van der Waals surface area contributed by atoms with Crippen LogP contribution < -0.4 is 0 Å². The Bertz CT molecular complexity index is 384. The zero-order valence-electron chi connectivity index (χ0n) is 8.69. The van der Waals surface area contributed by atoms with E-state index in [1.807, 2.05) is 12.1 Å². The smallest absolute Gasteiger partial charge is 0.306 e. The molecule has 15 heavy (non-hydrogen) atoms. The van der Waals surface area contributed by atoms with Crippen LogP contribution in [-0.4, -0.2) is 18.2 Å². The maximum absolute atomic E-state index is 11.2. The Morgan fingerprint density at radius 2 is 2.40 bits per heavy atom. The highest BCUT2D eigenvalue weighted by atomic mass is 16.5. The van der Waals surface area contributed by atoms with Crippen molar-refractivity contribution in [1.82, 2.24) is 0 Å². The molecule has 1 unspecified atom stereocenters. The average molecular weight is 206 g/mol. The molecule has 1 aromatic carbocycles. The van der Waals surface area contributed by atoms with Crippen molar-refractivity contribution in [2.75, 3.05) is 7.11 Å². The predicted molar refractivity (Wildman–Crippen MR) is 55.8 cm³/mol. The van der Waals surface area contributed by atoms with E-state index in [9.17, 15) is 9.90 Å². The van der Waals surface area contributed by atoms with Crippen molar-refractivity contribution >= 4 is 5.97 Å². The van der Waals surface area contributed by atoms with Crippen molar-refractivity contribution in [2.45, 2.75) is 25.2 Å². The number of esters is 1. The Kier molecular flexibility index (Phi) is 2.62. The fourth-order valence-corrected chi connectivity index (χ4v) is 2.22. The van der Waals surface area contributed by atoms with Gasteiger partial charge in [0.1, 0.15) is 5.75 Å². The molecule has 0 heterocycles. The lowest BCUT2D eigenvalue weighted by Crippen LogP contribution is -2.06. The highest BCUT2D eigenvalue weighted by Crippen LogP contribution is 2.39. The number of benzene rings is 1. The molecule has 0 saturated heterocycles. The first kappa shape index (κ1) is 10.0. The second kappa shape index (κ2) is 3.93. The molecule has 0 fully saturated rings. The van der Waals surface area contributed by atoms with Gasteiger partial charge in [-0.25, -0.2) is 0 Å².